The van der Waals surface area contributed by atoms with E-state index in [-0.39, 0.29) is 5.12 Å². The highest BCUT2D eigenvalue weighted by Gasteiger charge is 2.20. The van der Waals surface area contributed by atoms with Crippen molar-refractivity contribution in [1.29, 1.82) is 10.5 Å². The molecule has 0 spiro atoms. The normalized spacial score (nSPS) is 16.2. The molecule has 0 atom stereocenters. The fraction of sp³-hybridized carbons (Fsp3) is 0.261. The third-order valence-corrected chi connectivity index (χ3v) is 6.02. The van der Waals surface area contributed by atoms with Crippen molar-refractivity contribution in [2.45, 2.75) is 33.1 Å². The first-order chi connectivity index (χ1) is 13.0. The van der Waals surface area contributed by atoms with Crippen LogP contribution < -0.4 is 0 Å². The quantitative estimate of drug-likeness (QED) is 0.642. The van der Waals surface area contributed by atoms with E-state index in [0.29, 0.717) is 11.1 Å². The van der Waals surface area contributed by atoms with Crippen molar-refractivity contribution < 1.29 is 4.79 Å². The van der Waals surface area contributed by atoms with Crippen molar-refractivity contribution in [3.05, 3.63) is 64.2 Å². The molecule has 0 unspecified atom stereocenters. The van der Waals surface area contributed by atoms with E-state index in [0.717, 1.165) is 58.4 Å². The van der Waals surface area contributed by atoms with Gasteiger partial charge in [-0.15, -0.1) is 0 Å². The first-order valence-electron chi connectivity index (χ1n) is 8.97. The van der Waals surface area contributed by atoms with Gasteiger partial charge in [-0.3, -0.25) is 4.79 Å². The largest absolute Gasteiger partial charge is 0.282 e. The van der Waals surface area contributed by atoms with Gasteiger partial charge in [0.05, 0.1) is 23.3 Å². The second-order valence-corrected chi connectivity index (χ2v) is 7.76. The van der Waals surface area contributed by atoms with Gasteiger partial charge in [-0.1, -0.05) is 23.9 Å². The molecule has 2 aromatic rings. The molecule has 0 saturated carbocycles. The second kappa shape index (κ2) is 8.25. The zero-order valence-electron chi connectivity index (χ0n) is 15.5. The minimum Gasteiger partial charge on any atom is -0.282 e. The first-order valence-corrected chi connectivity index (χ1v) is 9.96. The number of nitriles is 2. The van der Waals surface area contributed by atoms with Crippen LogP contribution in [0.4, 0.5) is 0 Å². The third kappa shape index (κ3) is 3.97. The summed E-state index contributed by atoms with van der Waals surface area (Å²) in [6.07, 6.45) is 2.87. The molecule has 0 N–H and O–H groups in total. The Morgan fingerprint density at radius 1 is 1.04 bits per heavy atom. The summed E-state index contributed by atoms with van der Waals surface area (Å²) in [6, 6.07) is 15.5. The van der Waals surface area contributed by atoms with Gasteiger partial charge < -0.3 is 0 Å². The van der Waals surface area contributed by atoms with Crippen LogP contribution in [0.2, 0.25) is 0 Å². The fourth-order valence-electron chi connectivity index (χ4n) is 3.45. The lowest BCUT2D eigenvalue weighted by molar-refractivity contribution is -0.107. The van der Waals surface area contributed by atoms with E-state index in [1.54, 1.807) is 12.1 Å². The van der Waals surface area contributed by atoms with Crippen molar-refractivity contribution in [1.82, 2.24) is 0 Å². The Morgan fingerprint density at radius 3 is 2.41 bits per heavy atom. The lowest BCUT2D eigenvalue weighted by Crippen LogP contribution is -2.01. The number of carbonyl (C=O) groups is 1. The number of carbonyl (C=O) groups excluding carboxylic acids is 1. The van der Waals surface area contributed by atoms with Crippen LogP contribution >= 0.6 is 11.8 Å². The van der Waals surface area contributed by atoms with E-state index in [9.17, 15) is 10.1 Å². The van der Waals surface area contributed by atoms with Crippen molar-refractivity contribution in [3.63, 3.8) is 0 Å². The third-order valence-electron chi connectivity index (χ3n) is 5.02. The number of hydrogen-bond acceptors (Lipinski definition) is 4. The van der Waals surface area contributed by atoms with E-state index >= 15 is 0 Å². The molecule has 3 nitrogen and oxygen atoms in total. The molecule has 0 aromatic heterocycles. The van der Waals surface area contributed by atoms with Gasteiger partial charge in [-0.25, -0.2) is 0 Å². The maximum atomic E-state index is 12.5. The minimum absolute atomic E-state index is 0.159. The summed E-state index contributed by atoms with van der Waals surface area (Å²) in [7, 11) is 0. The molecular formula is C23H20N2OS. The highest BCUT2D eigenvalue weighted by molar-refractivity contribution is 8.14. The Balaban J connectivity index is 2.17. The van der Waals surface area contributed by atoms with Gasteiger partial charge in [-0.05, 0) is 85.2 Å². The number of thioether (sulfide) groups is 1. The van der Waals surface area contributed by atoms with Crippen LogP contribution in [0, 0.1) is 29.6 Å². The van der Waals surface area contributed by atoms with Gasteiger partial charge in [0.1, 0.15) is 0 Å². The van der Waals surface area contributed by atoms with E-state index in [1.807, 2.05) is 38.1 Å². The van der Waals surface area contributed by atoms with E-state index in [1.165, 1.54) is 11.8 Å². The van der Waals surface area contributed by atoms with Crippen LogP contribution in [0.3, 0.4) is 0 Å². The highest BCUT2D eigenvalue weighted by Crippen LogP contribution is 2.35. The second-order valence-electron chi connectivity index (χ2n) is 6.69. The van der Waals surface area contributed by atoms with Crippen LogP contribution in [0.5, 0.6) is 0 Å². The summed E-state index contributed by atoms with van der Waals surface area (Å²) in [5, 5.41) is 18.7. The fourth-order valence-corrected chi connectivity index (χ4v) is 4.42. The zero-order valence-corrected chi connectivity index (χ0v) is 16.3. The van der Waals surface area contributed by atoms with Crippen LogP contribution in [0.15, 0.2) is 42.0 Å². The standard InChI is InChI=1S/C23H20N2OS/c1-15(20-5-3-4-10-27-23(20)26)21-11-18(14-25)12-22(16(21)2)19-8-6-17(13-24)7-9-19/h6-9,11-12H,3-5,10H2,1-2H3/b20-15+. The number of hydrogen-bond donors (Lipinski definition) is 0. The highest BCUT2D eigenvalue weighted by atomic mass is 32.2. The summed E-state index contributed by atoms with van der Waals surface area (Å²) in [5.74, 6) is 0.878. The van der Waals surface area contributed by atoms with Crippen LogP contribution in [0.25, 0.3) is 16.7 Å². The Kier molecular flexibility index (Phi) is 5.79. The summed E-state index contributed by atoms with van der Waals surface area (Å²) in [6.45, 7) is 4.02. The Bertz CT molecular complexity index is 1000. The molecule has 2 aromatic carbocycles. The van der Waals surface area contributed by atoms with E-state index < -0.39 is 0 Å². The van der Waals surface area contributed by atoms with Gasteiger partial charge in [0.2, 0.25) is 5.12 Å². The average molecular weight is 372 g/mol. The minimum atomic E-state index is 0.159. The van der Waals surface area contributed by atoms with Crippen molar-refractivity contribution >= 4 is 22.5 Å². The monoisotopic (exact) mass is 372 g/mol. The molecule has 1 fully saturated rings. The lowest BCUT2D eigenvalue weighted by atomic mass is 9.88. The summed E-state index contributed by atoms with van der Waals surface area (Å²) in [4.78, 5) is 12.5. The molecule has 0 bridgehead atoms. The van der Waals surface area contributed by atoms with Gasteiger partial charge in [0.15, 0.2) is 0 Å². The predicted octanol–water partition coefficient (Wildman–Crippen LogP) is 5.62. The zero-order chi connectivity index (χ0) is 19.4. The molecule has 0 radical (unpaired) electrons. The van der Waals surface area contributed by atoms with Gasteiger partial charge in [-0.2, -0.15) is 10.5 Å². The number of benzene rings is 2. The molecule has 1 aliphatic heterocycles. The molecular weight excluding hydrogens is 352 g/mol. The molecule has 27 heavy (non-hydrogen) atoms. The van der Waals surface area contributed by atoms with Crippen molar-refractivity contribution in [2.24, 2.45) is 0 Å². The molecule has 134 valence electrons. The molecule has 0 aliphatic carbocycles. The summed E-state index contributed by atoms with van der Waals surface area (Å²) >= 11 is 1.40. The predicted molar refractivity (Wildman–Crippen MR) is 110 cm³/mol. The smallest absolute Gasteiger partial charge is 0.215 e. The van der Waals surface area contributed by atoms with Crippen LogP contribution in [0.1, 0.15) is 48.4 Å². The maximum absolute atomic E-state index is 12.5. The van der Waals surface area contributed by atoms with Gasteiger partial charge >= 0.3 is 0 Å². The summed E-state index contributed by atoms with van der Waals surface area (Å²) < 4.78 is 0. The Hall–Kier alpha value is -2.82. The average Bonchev–Trinajstić information content (AvgIpc) is 2.92. The summed E-state index contributed by atoms with van der Waals surface area (Å²) in [5.41, 5.74) is 6.95. The van der Waals surface area contributed by atoms with Crippen LogP contribution in [-0.2, 0) is 4.79 Å². The lowest BCUT2D eigenvalue weighted by Gasteiger charge is -2.16. The molecule has 1 heterocycles. The Morgan fingerprint density at radius 2 is 1.74 bits per heavy atom. The van der Waals surface area contributed by atoms with E-state index in [4.69, 9.17) is 5.26 Å². The number of nitrogens with zero attached hydrogens (tertiary/aromatic N) is 2. The topological polar surface area (TPSA) is 64.7 Å². The first kappa shape index (κ1) is 19.0. The van der Waals surface area contributed by atoms with Gasteiger partial charge in [0, 0.05) is 11.3 Å². The van der Waals surface area contributed by atoms with Gasteiger partial charge in [0.25, 0.3) is 0 Å². The van der Waals surface area contributed by atoms with Crippen molar-refractivity contribution in [2.75, 3.05) is 5.75 Å². The SMILES string of the molecule is C/C(=C1/CCCCSC1=O)c1cc(C#N)cc(-c2ccc(C#N)cc2)c1C. The van der Waals surface area contributed by atoms with E-state index in [2.05, 4.69) is 12.1 Å². The van der Waals surface area contributed by atoms with Crippen LogP contribution in [-0.4, -0.2) is 10.9 Å². The molecule has 4 heteroatoms. The number of allylic oxidation sites excluding steroid dienone is 1. The van der Waals surface area contributed by atoms with Crippen molar-refractivity contribution in [3.8, 4) is 23.3 Å². The number of rotatable bonds is 2. The molecule has 1 aliphatic rings. The maximum Gasteiger partial charge on any atom is 0.215 e. The molecule has 3 rings (SSSR count). The molecule has 0 amide bonds. The Labute approximate surface area is 164 Å². The molecule has 1 saturated heterocycles.